The van der Waals surface area contributed by atoms with Crippen LogP contribution in [0.4, 0.5) is 5.82 Å². The molecule has 17 heavy (non-hydrogen) atoms. The number of aryl methyl sites for hydroxylation is 1. The second kappa shape index (κ2) is 4.67. The van der Waals surface area contributed by atoms with Crippen molar-refractivity contribution in [3.05, 3.63) is 16.8 Å². The Morgan fingerprint density at radius 1 is 1.59 bits per heavy atom. The van der Waals surface area contributed by atoms with Gasteiger partial charge < -0.3 is 10.2 Å². The molecule has 92 valence electrons. The highest BCUT2D eigenvalue weighted by atomic mass is 35.5. The van der Waals surface area contributed by atoms with E-state index < -0.39 is 0 Å². The summed E-state index contributed by atoms with van der Waals surface area (Å²) in [6.07, 6.45) is 3.09. The molecule has 1 saturated heterocycles. The fourth-order valence-electron chi connectivity index (χ4n) is 2.48. The van der Waals surface area contributed by atoms with Crippen LogP contribution in [0.3, 0.4) is 0 Å². The van der Waals surface area contributed by atoms with E-state index in [2.05, 4.69) is 15.2 Å². The van der Waals surface area contributed by atoms with Gasteiger partial charge in [-0.25, -0.2) is 4.98 Å². The number of hydrogen-bond acceptors (Lipinski definition) is 4. The quantitative estimate of drug-likeness (QED) is 0.782. The summed E-state index contributed by atoms with van der Waals surface area (Å²) in [4.78, 5) is 8.22. The molecule has 1 aromatic rings. The molecular weight excluding hydrogens is 254 g/mol. The molecule has 2 aliphatic heterocycles. The third-order valence-electron chi connectivity index (χ3n) is 3.45. The van der Waals surface area contributed by atoms with Crippen molar-refractivity contribution < 1.29 is 0 Å². The molecule has 3 rings (SSSR count). The summed E-state index contributed by atoms with van der Waals surface area (Å²) in [5.74, 6) is 2.22. The number of piperazine rings is 1. The molecule has 3 heterocycles. The lowest BCUT2D eigenvalue weighted by Crippen LogP contribution is -2.51. The Morgan fingerprint density at radius 2 is 2.47 bits per heavy atom. The van der Waals surface area contributed by atoms with E-state index in [4.69, 9.17) is 11.6 Å². The van der Waals surface area contributed by atoms with E-state index in [0.29, 0.717) is 6.04 Å². The first kappa shape index (κ1) is 11.6. The van der Waals surface area contributed by atoms with E-state index in [9.17, 15) is 0 Å². The van der Waals surface area contributed by atoms with Gasteiger partial charge in [-0.1, -0.05) is 11.6 Å². The topological polar surface area (TPSA) is 28.2 Å². The molecule has 0 bridgehead atoms. The van der Waals surface area contributed by atoms with Gasteiger partial charge in [0.2, 0.25) is 0 Å². The van der Waals surface area contributed by atoms with Crippen molar-refractivity contribution in [2.75, 3.05) is 30.3 Å². The highest BCUT2D eigenvalue weighted by Crippen LogP contribution is 2.40. The van der Waals surface area contributed by atoms with Crippen molar-refractivity contribution in [1.82, 2.24) is 10.3 Å². The van der Waals surface area contributed by atoms with E-state index in [1.165, 1.54) is 11.3 Å². The largest absolute Gasteiger partial charge is 0.350 e. The molecule has 0 amide bonds. The second-order valence-electron chi connectivity index (χ2n) is 4.60. The standard InChI is InChI=1S/C12H16ClN3S/c1-8-6-15-12-11(10(8)13)17-5-2-9-7-14-3-4-16(9)12/h6,9,14H,2-5,7H2,1H3/t9-/m0/s1. The van der Waals surface area contributed by atoms with Crippen molar-refractivity contribution in [1.29, 1.82) is 0 Å². The van der Waals surface area contributed by atoms with Crippen LogP contribution in [0.2, 0.25) is 5.02 Å². The average molecular weight is 270 g/mol. The summed E-state index contributed by atoms with van der Waals surface area (Å²) in [7, 11) is 0. The lowest BCUT2D eigenvalue weighted by atomic mass is 10.1. The van der Waals surface area contributed by atoms with Gasteiger partial charge in [-0.05, 0) is 18.9 Å². The van der Waals surface area contributed by atoms with Gasteiger partial charge in [0.25, 0.3) is 0 Å². The third kappa shape index (κ3) is 2.02. The van der Waals surface area contributed by atoms with Crippen molar-refractivity contribution in [2.45, 2.75) is 24.3 Å². The molecule has 0 spiro atoms. The summed E-state index contributed by atoms with van der Waals surface area (Å²) in [6, 6.07) is 0.573. The van der Waals surface area contributed by atoms with Gasteiger partial charge in [-0.15, -0.1) is 11.8 Å². The van der Waals surface area contributed by atoms with Gasteiger partial charge in [-0.2, -0.15) is 0 Å². The highest BCUT2D eigenvalue weighted by molar-refractivity contribution is 7.99. The molecule has 0 unspecified atom stereocenters. The van der Waals surface area contributed by atoms with Crippen LogP contribution in [0.1, 0.15) is 12.0 Å². The van der Waals surface area contributed by atoms with Gasteiger partial charge in [0.1, 0.15) is 5.82 Å². The number of halogens is 1. The molecule has 0 aromatic carbocycles. The van der Waals surface area contributed by atoms with Gasteiger partial charge >= 0.3 is 0 Å². The molecule has 1 N–H and O–H groups in total. The number of aromatic nitrogens is 1. The van der Waals surface area contributed by atoms with E-state index >= 15 is 0 Å². The van der Waals surface area contributed by atoms with Crippen LogP contribution in [-0.4, -0.2) is 36.4 Å². The molecule has 1 fully saturated rings. The van der Waals surface area contributed by atoms with E-state index in [-0.39, 0.29) is 0 Å². The highest BCUT2D eigenvalue weighted by Gasteiger charge is 2.29. The Morgan fingerprint density at radius 3 is 3.35 bits per heavy atom. The minimum Gasteiger partial charge on any atom is -0.350 e. The summed E-state index contributed by atoms with van der Waals surface area (Å²) < 4.78 is 0. The first-order valence-corrected chi connectivity index (χ1v) is 7.39. The Kier molecular flexibility index (Phi) is 3.19. The van der Waals surface area contributed by atoms with Gasteiger partial charge in [0.05, 0.1) is 9.92 Å². The number of nitrogens with zero attached hydrogens (tertiary/aromatic N) is 2. The minimum absolute atomic E-state index is 0.573. The number of fused-ring (bicyclic) bond motifs is 3. The normalized spacial score (nSPS) is 23.9. The number of rotatable bonds is 0. The predicted octanol–water partition coefficient (Wildman–Crippen LogP) is 2.32. The van der Waals surface area contributed by atoms with Crippen molar-refractivity contribution in [3.8, 4) is 0 Å². The van der Waals surface area contributed by atoms with Gasteiger partial charge in [0, 0.05) is 37.6 Å². The first-order chi connectivity index (χ1) is 8.27. The maximum absolute atomic E-state index is 6.41. The number of anilines is 1. The number of nitrogens with one attached hydrogen (secondary N) is 1. The zero-order valence-electron chi connectivity index (χ0n) is 9.87. The van der Waals surface area contributed by atoms with Crippen LogP contribution in [0.5, 0.6) is 0 Å². The maximum atomic E-state index is 6.41. The van der Waals surface area contributed by atoms with Crippen LogP contribution in [-0.2, 0) is 0 Å². The smallest absolute Gasteiger partial charge is 0.144 e. The predicted molar refractivity (Wildman–Crippen MR) is 73.3 cm³/mol. The van der Waals surface area contributed by atoms with Crippen LogP contribution >= 0.6 is 23.4 Å². The summed E-state index contributed by atoms with van der Waals surface area (Å²) in [6.45, 7) is 5.15. The van der Waals surface area contributed by atoms with Crippen molar-refractivity contribution >= 4 is 29.2 Å². The number of pyridine rings is 1. The third-order valence-corrected chi connectivity index (χ3v) is 5.16. The fraction of sp³-hybridized carbons (Fsp3) is 0.583. The lowest BCUT2D eigenvalue weighted by molar-refractivity contribution is 0.465. The maximum Gasteiger partial charge on any atom is 0.144 e. The Balaban J connectivity index is 2.06. The van der Waals surface area contributed by atoms with Crippen molar-refractivity contribution in [3.63, 3.8) is 0 Å². The van der Waals surface area contributed by atoms with Crippen LogP contribution < -0.4 is 10.2 Å². The first-order valence-electron chi connectivity index (χ1n) is 6.02. The fourth-order valence-corrected chi connectivity index (χ4v) is 3.96. The second-order valence-corrected chi connectivity index (χ2v) is 6.08. The number of thioether (sulfide) groups is 1. The summed E-state index contributed by atoms with van der Waals surface area (Å²) in [5.41, 5.74) is 1.08. The Bertz CT molecular complexity index is 438. The summed E-state index contributed by atoms with van der Waals surface area (Å²) in [5, 5.41) is 4.34. The molecule has 1 aromatic heterocycles. The molecule has 1 atom stereocenters. The zero-order valence-corrected chi connectivity index (χ0v) is 11.4. The van der Waals surface area contributed by atoms with Crippen LogP contribution in [0.15, 0.2) is 11.1 Å². The Hall–Kier alpha value is -0.450. The van der Waals surface area contributed by atoms with Gasteiger partial charge in [-0.3, -0.25) is 0 Å². The number of hydrogen-bond donors (Lipinski definition) is 1. The van der Waals surface area contributed by atoms with Crippen LogP contribution in [0, 0.1) is 6.92 Å². The van der Waals surface area contributed by atoms with E-state index in [1.54, 1.807) is 0 Å². The lowest BCUT2D eigenvalue weighted by Gasteiger charge is -2.36. The molecule has 0 saturated carbocycles. The van der Waals surface area contributed by atoms with Gasteiger partial charge in [0.15, 0.2) is 0 Å². The summed E-state index contributed by atoms with van der Waals surface area (Å²) >= 11 is 8.26. The van der Waals surface area contributed by atoms with E-state index in [1.807, 2.05) is 24.9 Å². The van der Waals surface area contributed by atoms with E-state index in [0.717, 1.165) is 41.8 Å². The molecule has 0 radical (unpaired) electrons. The zero-order chi connectivity index (χ0) is 11.8. The average Bonchev–Trinajstić information content (AvgIpc) is 2.54. The van der Waals surface area contributed by atoms with Crippen molar-refractivity contribution in [2.24, 2.45) is 0 Å². The molecule has 3 nitrogen and oxygen atoms in total. The SMILES string of the molecule is Cc1cnc2c(c1Cl)SCC[C@H]1CNCCN21. The molecule has 5 heteroatoms. The monoisotopic (exact) mass is 269 g/mol. The molecule has 0 aliphatic carbocycles. The molecular formula is C12H16ClN3S. The Labute approximate surface area is 111 Å². The van der Waals surface area contributed by atoms with Crippen LogP contribution in [0.25, 0.3) is 0 Å². The molecule has 2 aliphatic rings. The minimum atomic E-state index is 0.573.